The van der Waals surface area contributed by atoms with Crippen LogP contribution in [0.3, 0.4) is 0 Å². The lowest BCUT2D eigenvalue weighted by Crippen LogP contribution is -2.40. The number of hydrogen-bond donors (Lipinski definition) is 1. The second kappa shape index (κ2) is 7.37. The number of pyridine rings is 1. The predicted octanol–water partition coefficient (Wildman–Crippen LogP) is 1.90. The van der Waals surface area contributed by atoms with Crippen LogP contribution in [0.1, 0.15) is 18.5 Å². The highest BCUT2D eigenvalue weighted by Crippen LogP contribution is 2.22. The van der Waals surface area contributed by atoms with Crippen molar-refractivity contribution in [1.82, 2.24) is 20.1 Å². The molecule has 2 aromatic heterocycles. The summed E-state index contributed by atoms with van der Waals surface area (Å²) < 4.78 is 4.92. The molecule has 0 unspecified atom stereocenters. The van der Waals surface area contributed by atoms with Gasteiger partial charge in [-0.1, -0.05) is 6.07 Å². The van der Waals surface area contributed by atoms with Gasteiger partial charge in [0.25, 0.3) is 0 Å². The number of aromatic nitrogens is 3. The summed E-state index contributed by atoms with van der Waals surface area (Å²) in [7, 11) is 1.56. The van der Waals surface area contributed by atoms with Crippen molar-refractivity contribution >= 4 is 5.91 Å². The fraction of sp³-hybridized carbons (Fsp3) is 0.471. The Bertz CT molecular complexity index is 634. The summed E-state index contributed by atoms with van der Waals surface area (Å²) in [5, 5.41) is 6.92. The number of methoxy groups -OCH3 is 1. The molecule has 3 heterocycles. The van der Waals surface area contributed by atoms with Crippen LogP contribution in [0, 0.1) is 5.92 Å². The average Bonchev–Trinajstić information content (AvgIpc) is 3.11. The molecule has 122 valence electrons. The summed E-state index contributed by atoms with van der Waals surface area (Å²) in [6.45, 7) is 1.80. The first-order chi connectivity index (χ1) is 11.3. The average molecular weight is 314 g/mol. The molecule has 1 fully saturated rings. The molecule has 1 saturated heterocycles. The normalized spacial score (nSPS) is 15.8. The lowest BCUT2D eigenvalue weighted by molar-refractivity contribution is -0.136. The monoisotopic (exact) mass is 314 g/mol. The van der Waals surface area contributed by atoms with Crippen LogP contribution in [0.4, 0.5) is 0 Å². The van der Waals surface area contributed by atoms with Crippen molar-refractivity contribution in [1.29, 1.82) is 0 Å². The molecule has 0 saturated carbocycles. The molecular formula is C17H22N4O2. The van der Waals surface area contributed by atoms with Crippen LogP contribution >= 0.6 is 0 Å². The maximum atomic E-state index is 11.8. The first-order valence-corrected chi connectivity index (χ1v) is 7.98. The van der Waals surface area contributed by atoms with Gasteiger partial charge in [-0.2, -0.15) is 5.10 Å². The number of nitrogens with one attached hydrogen (secondary N) is 1. The third-order valence-electron chi connectivity index (χ3n) is 4.32. The lowest BCUT2D eigenvalue weighted by Gasteiger charge is -2.31. The number of rotatable bonds is 5. The molecule has 1 amide bonds. The van der Waals surface area contributed by atoms with E-state index >= 15 is 0 Å². The van der Waals surface area contributed by atoms with E-state index in [4.69, 9.17) is 9.72 Å². The summed E-state index contributed by atoms with van der Waals surface area (Å²) in [4.78, 5) is 18.4. The second-order valence-electron chi connectivity index (χ2n) is 5.95. The summed E-state index contributed by atoms with van der Waals surface area (Å²) in [5.74, 6) is 0.663. The molecule has 3 rings (SSSR count). The third kappa shape index (κ3) is 3.96. The number of aromatic amines is 1. The highest BCUT2D eigenvalue weighted by Gasteiger charge is 2.23. The molecule has 0 atom stereocenters. The van der Waals surface area contributed by atoms with Crippen LogP contribution in [0.15, 0.2) is 30.5 Å². The number of H-pyrrole nitrogens is 1. The molecule has 0 spiro atoms. The van der Waals surface area contributed by atoms with Crippen LogP contribution in [-0.4, -0.2) is 52.8 Å². The van der Waals surface area contributed by atoms with Gasteiger partial charge in [0.2, 0.25) is 5.91 Å². The molecule has 2 aromatic rings. The summed E-state index contributed by atoms with van der Waals surface area (Å²) in [5.41, 5.74) is 2.96. The topological polar surface area (TPSA) is 71.1 Å². The number of carbonyl (C=O) groups excluding carboxylic acids is 1. The summed E-state index contributed by atoms with van der Waals surface area (Å²) >= 11 is 0. The highest BCUT2D eigenvalue weighted by atomic mass is 16.5. The van der Waals surface area contributed by atoms with E-state index in [0.29, 0.717) is 5.92 Å². The standard InChI is InChI=1S/C17H22N4O2/c1-23-12-17(22)21-9-6-13(7-10-21)11-14-3-2-4-15(19-14)16-5-8-18-20-16/h2-5,8,13H,6-7,9-12H2,1H3,(H,18,20). The molecule has 0 radical (unpaired) electrons. The van der Waals surface area contributed by atoms with Crippen LogP contribution < -0.4 is 0 Å². The molecule has 1 N–H and O–H groups in total. The minimum Gasteiger partial charge on any atom is -0.375 e. The molecule has 1 aliphatic rings. The van der Waals surface area contributed by atoms with Gasteiger partial charge < -0.3 is 9.64 Å². The SMILES string of the molecule is COCC(=O)N1CCC(Cc2cccc(-c3ccn[nH]3)n2)CC1. The van der Waals surface area contributed by atoms with Gasteiger partial charge in [0, 0.05) is 32.1 Å². The number of nitrogens with zero attached hydrogens (tertiary/aromatic N) is 3. The van der Waals surface area contributed by atoms with E-state index in [-0.39, 0.29) is 12.5 Å². The predicted molar refractivity (Wildman–Crippen MR) is 86.7 cm³/mol. The number of hydrogen-bond acceptors (Lipinski definition) is 4. The molecule has 0 bridgehead atoms. The number of likely N-dealkylation sites (tertiary alicyclic amines) is 1. The first-order valence-electron chi connectivity index (χ1n) is 7.98. The van der Waals surface area contributed by atoms with E-state index in [1.807, 2.05) is 23.1 Å². The molecule has 1 aliphatic heterocycles. The Morgan fingerprint density at radius 3 is 2.87 bits per heavy atom. The largest absolute Gasteiger partial charge is 0.375 e. The smallest absolute Gasteiger partial charge is 0.248 e. The van der Waals surface area contributed by atoms with E-state index in [0.717, 1.165) is 49.4 Å². The fourth-order valence-corrected chi connectivity index (χ4v) is 3.04. The molecule has 0 aliphatic carbocycles. The van der Waals surface area contributed by atoms with Crippen molar-refractivity contribution in [3.63, 3.8) is 0 Å². The summed E-state index contributed by atoms with van der Waals surface area (Å²) in [6.07, 6.45) is 4.72. The number of ether oxygens (including phenoxy) is 1. The van der Waals surface area contributed by atoms with Gasteiger partial charge in [0.1, 0.15) is 6.61 Å². The number of carbonyl (C=O) groups is 1. The Morgan fingerprint density at radius 2 is 2.17 bits per heavy atom. The lowest BCUT2D eigenvalue weighted by atomic mass is 9.92. The zero-order valence-electron chi connectivity index (χ0n) is 13.4. The zero-order chi connectivity index (χ0) is 16.1. The van der Waals surface area contributed by atoms with Gasteiger partial charge in [-0.3, -0.25) is 14.9 Å². The Kier molecular flexibility index (Phi) is 5.02. The molecule has 6 nitrogen and oxygen atoms in total. The van der Waals surface area contributed by atoms with Gasteiger partial charge in [-0.15, -0.1) is 0 Å². The van der Waals surface area contributed by atoms with E-state index in [1.165, 1.54) is 0 Å². The first kappa shape index (κ1) is 15.7. The third-order valence-corrected chi connectivity index (χ3v) is 4.32. The zero-order valence-corrected chi connectivity index (χ0v) is 13.4. The van der Waals surface area contributed by atoms with Gasteiger partial charge in [-0.05, 0) is 43.4 Å². The van der Waals surface area contributed by atoms with Crippen molar-refractivity contribution in [2.45, 2.75) is 19.3 Å². The number of amides is 1. The van der Waals surface area contributed by atoms with Crippen molar-refractivity contribution in [3.8, 4) is 11.4 Å². The molecule has 6 heteroatoms. The van der Waals surface area contributed by atoms with Gasteiger partial charge in [0.05, 0.1) is 11.4 Å². The summed E-state index contributed by atoms with van der Waals surface area (Å²) in [6, 6.07) is 8.02. The van der Waals surface area contributed by atoms with Crippen molar-refractivity contribution < 1.29 is 9.53 Å². The van der Waals surface area contributed by atoms with Crippen LogP contribution in [0.5, 0.6) is 0 Å². The number of piperidine rings is 1. The highest BCUT2D eigenvalue weighted by molar-refractivity contribution is 5.77. The fourth-order valence-electron chi connectivity index (χ4n) is 3.04. The Hall–Kier alpha value is -2.21. The minimum atomic E-state index is 0.0883. The van der Waals surface area contributed by atoms with Gasteiger partial charge in [0.15, 0.2) is 0 Å². The molecular weight excluding hydrogens is 292 g/mol. The second-order valence-corrected chi connectivity index (χ2v) is 5.95. The Balaban J connectivity index is 1.57. The quantitative estimate of drug-likeness (QED) is 0.915. The molecule has 0 aromatic carbocycles. The van der Waals surface area contributed by atoms with E-state index in [9.17, 15) is 4.79 Å². The Labute approximate surface area is 135 Å². The van der Waals surface area contributed by atoms with E-state index in [2.05, 4.69) is 16.3 Å². The molecule has 23 heavy (non-hydrogen) atoms. The van der Waals surface area contributed by atoms with Gasteiger partial charge >= 0.3 is 0 Å². The van der Waals surface area contributed by atoms with Crippen molar-refractivity contribution in [2.24, 2.45) is 5.92 Å². The Morgan fingerprint density at radius 1 is 1.35 bits per heavy atom. The van der Waals surface area contributed by atoms with Crippen LogP contribution in [-0.2, 0) is 16.0 Å². The van der Waals surface area contributed by atoms with Gasteiger partial charge in [-0.25, -0.2) is 0 Å². The van der Waals surface area contributed by atoms with Crippen molar-refractivity contribution in [2.75, 3.05) is 26.8 Å². The van der Waals surface area contributed by atoms with E-state index in [1.54, 1.807) is 13.3 Å². The van der Waals surface area contributed by atoms with E-state index < -0.39 is 0 Å². The minimum absolute atomic E-state index is 0.0883. The maximum absolute atomic E-state index is 11.8. The van der Waals surface area contributed by atoms with Crippen LogP contribution in [0.2, 0.25) is 0 Å². The van der Waals surface area contributed by atoms with Crippen LogP contribution in [0.25, 0.3) is 11.4 Å². The maximum Gasteiger partial charge on any atom is 0.248 e. The van der Waals surface area contributed by atoms with Crippen molar-refractivity contribution in [3.05, 3.63) is 36.2 Å².